The molecule has 0 atom stereocenters. The molecule has 0 aromatic rings. The molecular formula is C4H6N2O. The first-order chi connectivity index (χ1) is 3.29. The molecule has 1 amide bonds. The molecule has 3 heteroatoms. The number of nitrogens with one attached hydrogen (secondary N) is 1. The van der Waals surface area contributed by atoms with Crippen LogP contribution in [-0.4, -0.2) is 5.91 Å². The van der Waals surface area contributed by atoms with Crippen LogP contribution in [0, 0.1) is 0 Å². The van der Waals surface area contributed by atoms with Gasteiger partial charge in [-0.1, -0.05) is 0 Å². The highest BCUT2D eigenvalue weighted by atomic mass is 16.1. The van der Waals surface area contributed by atoms with Gasteiger partial charge >= 0.3 is 0 Å². The Morgan fingerprint density at radius 1 is 1.86 bits per heavy atom. The fourth-order valence-corrected chi connectivity index (χ4v) is 0.466. The van der Waals surface area contributed by atoms with Gasteiger partial charge in [-0.2, -0.15) is 0 Å². The van der Waals surface area contributed by atoms with Gasteiger partial charge in [-0.05, 0) is 6.08 Å². The number of hydrogen-bond donors (Lipinski definition) is 2. The summed E-state index contributed by atoms with van der Waals surface area (Å²) in [6.45, 7) is 0. The van der Waals surface area contributed by atoms with E-state index in [1.165, 1.54) is 0 Å². The summed E-state index contributed by atoms with van der Waals surface area (Å²) < 4.78 is 0. The predicted octanol–water partition coefficient (Wildman–Crippen LogP) is -0.694. The molecule has 3 nitrogen and oxygen atoms in total. The largest absolute Gasteiger partial charge is 0.385 e. The molecular weight excluding hydrogens is 92.1 g/mol. The molecule has 0 aromatic heterocycles. The molecule has 7 heavy (non-hydrogen) atoms. The normalized spacial score (nSPS) is 18.9. The maximum Gasteiger partial charge on any atom is 0.229 e. The topological polar surface area (TPSA) is 55.1 Å². The second-order valence-corrected chi connectivity index (χ2v) is 1.41. The van der Waals surface area contributed by atoms with Crippen molar-refractivity contribution in [3.63, 3.8) is 0 Å². The van der Waals surface area contributed by atoms with Crippen LogP contribution in [0.25, 0.3) is 0 Å². The van der Waals surface area contributed by atoms with Gasteiger partial charge in [0.2, 0.25) is 5.91 Å². The smallest absolute Gasteiger partial charge is 0.229 e. The van der Waals surface area contributed by atoms with Crippen LogP contribution < -0.4 is 11.1 Å². The molecule has 1 rings (SSSR count). The van der Waals surface area contributed by atoms with Gasteiger partial charge < -0.3 is 11.1 Å². The summed E-state index contributed by atoms with van der Waals surface area (Å²) >= 11 is 0. The van der Waals surface area contributed by atoms with Gasteiger partial charge in [-0.3, -0.25) is 4.79 Å². The lowest BCUT2D eigenvalue weighted by atomic mass is 10.5. The zero-order chi connectivity index (χ0) is 5.28. The average molecular weight is 98.1 g/mol. The molecule has 0 unspecified atom stereocenters. The highest BCUT2D eigenvalue weighted by molar-refractivity contribution is 5.81. The van der Waals surface area contributed by atoms with Crippen molar-refractivity contribution < 1.29 is 4.79 Å². The lowest BCUT2D eigenvalue weighted by Gasteiger charge is -1.88. The van der Waals surface area contributed by atoms with E-state index in [1.807, 2.05) is 0 Å². The van der Waals surface area contributed by atoms with Gasteiger partial charge in [0, 0.05) is 6.42 Å². The standard InChI is InChI=1S/C4H6N2O/c5-3-1-2-4(7)6-3/h1H,2,5H2,(H,6,7). The Morgan fingerprint density at radius 3 is 2.71 bits per heavy atom. The monoisotopic (exact) mass is 98.0 g/mol. The summed E-state index contributed by atoms with van der Waals surface area (Å²) in [7, 11) is 0. The van der Waals surface area contributed by atoms with Gasteiger partial charge in [0.1, 0.15) is 0 Å². The molecule has 0 aromatic carbocycles. The Hall–Kier alpha value is -0.990. The summed E-state index contributed by atoms with van der Waals surface area (Å²) in [6, 6.07) is 0. The lowest BCUT2D eigenvalue weighted by molar-refractivity contribution is -0.118. The van der Waals surface area contributed by atoms with E-state index in [0.717, 1.165) is 0 Å². The van der Waals surface area contributed by atoms with Crippen LogP contribution in [0.15, 0.2) is 11.9 Å². The fourth-order valence-electron chi connectivity index (χ4n) is 0.466. The van der Waals surface area contributed by atoms with Gasteiger partial charge in [0.05, 0.1) is 5.82 Å². The minimum Gasteiger partial charge on any atom is -0.385 e. The highest BCUT2D eigenvalue weighted by Gasteiger charge is 2.05. The first-order valence-corrected chi connectivity index (χ1v) is 2.04. The molecule has 1 aliphatic heterocycles. The molecule has 0 saturated carbocycles. The molecule has 0 fully saturated rings. The Balaban J connectivity index is 2.58. The van der Waals surface area contributed by atoms with E-state index in [9.17, 15) is 4.79 Å². The van der Waals surface area contributed by atoms with E-state index in [1.54, 1.807) is 6.08 Å². The minimum absolute atomic E-state index is 0.0162. The third-order valence-corrected chi connectivity index (χ3v) is 0.791. The van der Waals surface area contributed by atoms with Crippen molar-refractivity contribution in [2.24, 2.45) is 5.73 Å². The molecule has 1 aliphatic rings. The fraction of sp³-hybridized carbons (Fsp3) is 0.250. The first kappa shape index (κ1) is 4.18. The summed E-state index contributed by atoms with van der Waals surface area (Å²) in [5.41, 5.74) is 5.15. The van der Waals surface area contributed by atoms with E-state index in [4.69, 9.17) is 5.73 Å². The van der Waals surface area contributed by atoms with Crippen molar-refractivity contribution in [3.05, 3.63) is 11.9 Å². The van der Waals surface area contributed by atoms with Crippen LogP contribution in [0.5, 0.6) is 0 Å². The first-order valence-electron chi connectivity index (χ1n) is 2.04. The number of nitrogens with two attached hydrogens (primary N) is 1. The third kappa shape index (κ3) is 0.707. The molecule has 1 heterocycles. The van der Waals surface area contributed by atoms with Gasteiger partial charge in [0.25, 0.3) is 0 Å². The lowest BCUT2D eigenvalue weighted by Crippen LogP contribution is -2.19. The van der Waals surface area contributed by atoms with E-state index < -0.39 is 0 Å². The maximum atomic E-state index is 10.2. The molecule has 3 N–H and O–H groups in total. The summed E-state index contributed by atoms with van der Waals surface area (Å²) in [5.74, 6) is 0.461. The van der Waals surface area contributed by atoms with Gasteiger partial charge in [0.15, 0.2) is 0 Å². The van der Waals surface area contributed by atoms with Crippen LogP contribution >= 0.6 is 0 Å². The summed E-state index contributed by atoms with van der Waals surface area (Å²) in [6.07, 6.45) is 2.09. The maximum absolute atomic E-state index is 10.2. The molecule has 0 saturated heterocycles. The highest BCUT2D eigenvalue weighted by Crippen LogP contribution is 1.93. The van der Waals surface area contributed by atoms with Gasteiger partial charge in [-0.25, -0.2) is 0 Å². The van der Waals surface area contributed by atoms with Crippen molar-refractivity contribution in [1.29, 1.82) is 0 Å². The van der Waals surface area contributed by atoms with Crippen molar-refractivity contribution in [3.8, 4) is 0 Å². The Labute approximate surface area is 41.2 Å². The quantitative estimate of drug-likeness (QED) is 0.421. The molecule has 0 aliphatic carbocycles. The summed E-state index contributed by atoms with van der Waals surface area (Å²) in [4.78, 5) is 10.2. The second kappa shape index (κ2) is 1.26. The third-order valence-electron chi connectivity index (χ3n) is 0.791. The molecule has 0 spiro atoms. The van der Waals surface area contributed by atoms with Crippen LogP contribution in [0.1, 0.15) is 6.42 Å². The van der Waals surface area contributed by atoms with Crippen LogP contribution in [0.3, 0.4) is 0 Å². The number of amides is 1. The number of carbonyl (C=O) groups excluding carboxylic acids is 1. The van der Waals surface area contributed by atoms with Crippen LogP contribution in [0.4, 0.5) is 0 Å². The number of hydrogen-bond acceptors (Lipinski definition) is 2. The van der Waals surface area contributed by atoms with Crippen molar-refractivity contribution >= 4 is 5.91 Å². The number of carbonyl (C=O) groups is 1. The zero-order valence-electron chi connectivity index (χ0n) is 3.77. The van der Waals surface area contributed by atoms with E-state index >= 15 is 0 Å². The minimum atomic E-state index is -0.0162. The van der Waals surface area contributed by atoms with Crippen molar-refractivity contribution in [2.45, 2.75) is 6.42 Å². The van der Waals surface area contributed by atoms with Crippen molar-refractivity contribution in [1.82, 2.24) is 5.32 Å². The van der Waals surface area contributed by atoms with E-state index in [0.29, 0.717) is 12.2 Å². The van der Waals surface area contributed by atoms with Crippen molar-refractivity contribution in [2.75, 3.05) is 0 Å². The molecule has 0 radical (unpaired) electrons. The molecule has 0 bridgehead atoms. The van der Waals surface area contributed by atoms with E-state index in [-0.39, 0.29) is 5.91 Å². The van der Waals surface area contributed by atoms with Gasteiger partial charge in [-0.15, -0.1) is 0 Å². The van der Waals surface area contributed by atoms with Crippen LogP contribution in [0.2, 0.25) is 0 Å². The Bertz CT molecular complexity index is 128. The second-order valence-electron chi connectivity index (χ2n) is 1.41. The Morgan fingerprint density at radius 2 is 2.57 bits per heavy atom. The Kier molecular flexibility index (Phi) is 0.749. The average Bonchev–Trinajstić information content (AvgIpc) is 1.87. The SMILES string of the molecule is NC1=CCC(=O)N1. The summed E-state index contributed by atoms with van der Waals surface area (Å²) in [5, 5.41) is 2.42. The predicted molar refractivity (Wildman–Crippen MR) is 25.0 cm³/mol. The van der Waals surface area contributed by atoms with E-state index in [2.05, 4.69) is 5.32 Å². The molecule has 38 valence electrons. The number of rotatable bonds is 0. The van der Waals surface area contributed by atoms with Crippen LogP contribution in [-0.2, 0) is 4.79 Å². The zero-order valence-corrected chi connectivity index (χ0v) is 3.77.